The van der Waals surface area contributed by atoms with Crippen LogP contribution < -0.4 is 4.74 Å². The summed E-state index contributed by atoms with van der Waals surface area (Å²) in [6.45, 7) is 10.8. The third-order valence-electron chi connectivity index (χ3n) is 7.17. The predicted molar refractivity (Wildman–Crippen MR) is 157 cm³/mol. The van der Waals surface area contributed by atoms with Crippen LogP contribution in [0, 0.1) is 20.8 Å². The van der Waals surface area contributed by atoms with Gasteiger partial charge in [-0.05, 0) is 90.9 Å². The molecule has 0 unspecified atom stereocenters. The second kappa shape index (κ2) is 10.7. The van der Waals surface area contributed by atoms with Gasteiger partial charge in [0, 0.05) is 18.3 Å². The van der Waals surface area contributed by atoms with Gasteiger partial charge in [-0.1, -0.05) is 61.9 Å². The summed E-state index contributed by atoms with van der Waals surface area (Å²) >= 11 is 0. The summed E-state index contributed by atoms with van der Waals surface area (Å²) in [7, 11) is -3.75. The summed E-state index contributed by atoms with van der Waals surface area (Å²) < 4.78 is 34.6. The van der Waals surface area contributed by atoms with Crippen molar-refractivity contribution in [1.29, 1.82) is 0 Å². The summed E-state index contributed by atoms with van der Waals surface area (Å²) in [5.41, 5.74) is 8.78. The Balaban J connectivity index is 1.46. The van der Waals surface area contributed by atoms with Crippen LogP contribution >= 0.6 is 0 Å². The number of fused-ring (bicyclic) bond motifs is 1. The van der Waals surface area contributed by atoms with E-state index >= 15 is 0 Å². The van der Waals surface area contributed by atoms with Crippen LogP contribution in [0.2, 0.25) is 0 Å². The van der Waals surface area contributed by atoms with Gasteiger partial charge >= 0.3 is 0 Å². The minimum Gasteiger partial charge on any atom is -0.489 e. The van der Waals surface area contributed by atoms with E-state index in [1.165, 1.54) is 9.54 Å². The molecule has 0 radical (unpaired) electrons. The molecule has 5 nitrogen and oxygen atoms in total. The molecular formula is C33H34N2O3S. The Morgan fingerprint density at radius 1 is 0.872 bits per heavy atom. The van der Waals surface area contributed by atoms with Gasteiger partial charge in [0.2, 0.25) is 0 Å². The van der Waals surface area contributed by atoms with Crippen molar-refractivity contribution < 1.29 is 13.2 Å². The van der Waals surface area contributed by atoms with Crippen LogP contribution in [-0.4, -0.2) is 17.4 Å². The average molecular weight is 539 g/mol. The van der Waals surface area contributed by atoms with Crippen LogP contribution in [0.3, 0.4) is 0 Å². The van der Waals surface area contributed by atoms with Gasteiger partial charge in [0.25, 0.3) is 10.0 Å². The number of benzene rings is 3. The summed E-state index contributed by atoms with van der Waals surface area (Å²) in [5, 5.41) is 0. The molecule has 5 aromatic rings. The highest BCUT2D eigenvalue weighted by Gasteiger charge is 2.23. The first kappa shape index (κ1) is 26.7. The fourth-order valence-corrected chi connectivity index (χ4v) is 6.29. The maximum absolute atomic E-state index is 13.6. The molecule has 3 aromatic carbocycles. The topological polar surface area (TPSA) is 61.2 Å². The number of nitrogens with zero attached hydrogens (tertiary/aromatic N) is 2. The van der Waals surface area contributed by atoms with Crippen molar-refractivity contribution in [2.45, 2.75) is 58.5 Å². The molecule has 0 spiro atoms. The van der Waals surface area contributed by atoms with Crippen molar-refractivity contribution in [1.82, 2.24) is 8.96 Å². The number of hydrogen-bond acceptors (Lipinski definition) is 4. The van der Waals surface area contributed by atoms with Crippen LogP contribution in [0.25, 0.3) is 11.0 Å². The Morgan fingerprint density at radius 2 is 1.54 bits per heavy atom. The number of hydrogen-bond donors (Lipinski definition) is 0. The maximum atomic E-state index is 13.6. The molecule has 39 heavy (non-hydrogen) atoms. The molecular weight excluding hydrogens is 504 g/mol. The number of ether oxygens (including phenoxy) is 1. The molecule has 2 aromatic heterocycles. The molecule has 0 aliphatic heterocycles. The molecule has 6 heteroatoms. The van der Waals surface area contributed by atoms with Gasteiger partial charge < -0.3 is 4.74 Å². The third kappa shape index (κ3) is 5.48. The van der Waals surface area contributed by atoms with E-state index in [4.69, 9.17) is 9.72 Å². The number of aryl methyl sites for hydroxylation is 3. The van der Waals surface area contributed by atoms with Crippen LogP contribution in [0.15, 0.2) is 90.0 Å². The first-order valence-corrected chi connectivity index (χ1v) is 14.7. The van der Waals surface area contributed by atoms with E-state index in [1.807, 2.05) is 49.4 Å². The Bertz CT molecular complexity index is 1710. The molecule has 0 aliphatic rings. The van der Waals surface area contributed by atoms with Gasteiger partial charge in [-0.3, -0.25) is 4.98 Å². The largest absolute Gasteiger partial charge is 0.489 e. The molecule has 200 valence electrons. The quantitative estimate of drug-likeness (QED) is 0.205. The molecule has 0 atom stereocenters. The highest BCUT2D eigenvalue weighted by atomic mass is 32.2. The zero-order valence-electron chi connectivity index (χ0n) is 23.1. The van der Waals surface area contributed by atoms with Gasteiger partial charge in [0.15, 0.2) is 0 Å². The Hall–Kier alpha value is -3.90. The van der Waals surface area contributed by atoms with E-state index < -0.39 is 10.0 Å². The monoisotopic (exact) mass is 538 g/mol. The first-order chi connectivity index (χ1) is 18.6. The summed E-state index contributed by atoms with van der Waals surface area (Å²) in [6.07, 6.45) is 2.39. The molecule has 0 saturated carbocycles. The highest BCUT2D eigenvalue weighted by Crippen LogP contribution is 2.31. The van der Waals surface area contributed by atoms with Crippen molar-refractivity contribution in [2.75, 3.05) is 0 Å². The number of aromatic nitrogens is 2. The zero-order chi connectivity index (χ0) is 27.7. The normalized spacial score (nSPS) is 11.8. The number of pyridine rings is 1. The molecule has 0 saturated heterocycles. The van der Waals surface area contributed by atoms with Gasteiger partial charge in [-0.2, -0.15) is 0 Å². The Kier molecular flexibility index (Phi) is 7.32. The van der Waals surface area contributed by atoms with Crippen molar-refractivity contribution in [2.24, 2.45) is 0 Å². The van der Waals surface area contributed by atoms with Crippen LogP contribution in [0.5, 0.6) is 5.75 Å². The zero-order valence-corrected chi connectivity index (χ0v) is 23.9. The number of rotatable bonds is 8. The standard InChI is InChI=1S/C33H34N2O3S/c1-22(2)31-20-35(39(36,37)29-14-11-23(3)12-15-29)32-16-13-27(34-33(31)32)19-30-24(4)17-28(18-25(30)5)38-21-26-9-7-6-8-10-26/h6-18,20,22H,19,21H2,1-5H3. The van der Waals surface area contributed by atoms with Crippen LogP contribution in [0.1, 0.15) is 58.8 Å². The first-order valence-electron chi connectivity index (χ1n) is 13.2. The van der Waals surface area contributed by atoms with Gasteiger partial charge in [-0.25, -0.2) is 12.4 Å². The smallest absolute Gasteiger partial charge is 0.268 e. The second-order valence-electron chi connectivity index (χ2n) is 10.5. The van der Waals surface area contributed by atoms with E-state index in [-0.39, 0.29) is 10.8 Å². The minimum absolute atomic E-state index is 0.120. The van der Waals surface area contributed by atoms with E-state index in [0.29, 0.717) is 18.5 Å². The van der Waals surface area contributed by atoms with E-state index in [9.17, 15) is 8.42 Å². The molecule has 0 amide bonds. The summed E-state index contributed by atoms with van der Waals surface area (Å²) in [6, 6.07) is 25.1. The molecule has 0 fully saturated rings. The molecule has 0 aliphatic carbocycles. The van der Waals surface area contributed by atoms with E-state index in [2.05, 4.69) is 52.0 Å². The van der Waals surface area contributed by atoms with Gasteiger partial charge in [0.1, 0.15) is 12.4 Å². The van der Waals surface area contributed by atoms with Crippen molar-refractivity contribution in [3.8, 4) is 5.75 Å². The third-order valence-corrected chi connectivity index (χ3v) is 8.86. The molecule has 5 rings (SSSR count). The fraction of sp³-hybridized carbons (Fsp3) is 0.242. The van der Waals surface area contributed by atoms with Gasteiger partial charge in [-0.15, -0.1) is 0 Å². The van der Waals surface area contributed by atoms with Crippen molar-refractivity contribution >= 4 is 21.1 Å². The van der Waals surface area contributed by atoms with E-state index in [1.54, 1.807) is 18.3 Å². The molecule has 2 heterocycles. The predicted octanol–water partition coefficient (Wildman–Crippen LogP) is 7.49. The highest BCUT2D eigenvalue weighted by molar-refractivity contribution is 7.90. The lowest BCUT2D eigenvalue weighted by Crippen LogP contribution is -2.12. The maximum Gasteiger partial charge on any atom is 0.268 e. The fourth-order valence-electron chi connectivity index (χ4n) is 4.92. The van der Waals surface area contributed by atoms with Crippen molar-refractivity contribution in [3.05, 3.63) is 124 Å². The Morgan fingerprint density at radius 3 is 2.18 bits per heavy atom. The summed E-state index contributed by atoms with van der Waals surface area (Å²) in [5.74, 6) is 0.968. The van der Waals surface area contributed by atoms with E-state index in [0.717, 1.165) is 44.8 Å². The molecule has 0 bridgehead atoms. The molecule has 0 N–H and O–H groups in total. The second-order valence-corrected chi connectivity index (χ2v) is 12.3. The van der Waals surface area contributed by atoms with Crippen LogP contribution in [-0.2, 0) is 23.1 Å². The van der Waals surface area contributed by atoms with Crippen molar-refractivity contribution in [3.63, 3.8) is 0 Å². The SMILES string of the molecule is Cc1ccc(S(=O)(=O)n2cc(C(C)C)c3nc(Cc4c(C)cc(OCc5ccccc5)cc4C)ccc32)cc1. The lowest BCUT2D eigenvalue weighted by molar-refractivity contribution is 0.305. The minimum atomic E-state index is -3.75. The van der Waals surface area contributed by atoms with Crippen LogP contribution in [0.4, 0.5) is 0 Å². The average Bonchev–Trinajstić information content (AvgIpc) is 3.30. The summed E-state index contributed by atoms with van der Waals surface area (Å²) in [4.78, 5) is 5.27. The Labute approximate surface area is 231 Å². The van der Waals surface area contributed by atoms with Gasteiger partial charge in [0.05, 0.1) is 15.9 Å². The lowest BCUT2D eigenvalue weighted by Gasteiger charge is -2.14. The lowest BCUT2D eigenvalue weighted by atomic mass is 9.97.